The Bertz CT molecular complexity index is 1170. The van der Waals surface area contributed by atoms with Gasteiger partial charge in [-0.1, -0.05) is 24.3 Å². The van der Waals surface area contributed by atoms with E-state index in [1.165, 1.54) is 25.2 Å². The SMILES string of the molecule is CNC(=O)CNC(=O)c1ccc(-c2cccc(CNC(=O)c3cccc(C(F)(F)F)c3)c2)o1. The summed E-state index contributed by atoms with van der Waals surface area (Å²) in [5, 5.41) is 7.40. The number of likely N-dealkylation sites (N-methyl/N-ethyl adjacent to an activating group) is 1. The highest BCUT2D eigenvalue weighted by atomic mass is 19.4. The predicted molar refractivity (Wildman–Crippen MR) is 113 cm³/mol. The molecule has 0 fully saturated rings. The third kappa shape index (κ3) is 6.22. The Balaban J connectivity index is 1.65. The van der Waals surface area contributed by atoms with E-state index in [0.29, 0.717) is 16.9 Å². The fraction of sp³-hybridized carbons (Fsp3) is 0.174. The molecular formula is C23H20F3N3O4. The fourth-order valence-corrected chi connectivity index (χ4v) is 2.91. The lowest BCUT2D eigenvalue weighted by Gasteiger charge is -2.10. The Labute approximate surface area is 187 Å². The van der Waals surface area contributed by atoms with Crippen LogP contribution in [-0.4, -0.2) is 31.3 Å². The molecule has 0 saturated carbocycles. The second kappa shape index (κ2) is 10.0. The lowest BCUT2D eigenvalue weighted by atomic mass is 10.1. The van der Waals surface area contributed by atoms with E-state index in [-0.39, 0.29) is 30.3 Å². The van der Waals surface area contributed by atoms with Crippen LogP contribution in [0.1, 0.15) is 32.0 Å². The van der Waals surface area contributed by atoms with Crippen molar-refractivity contribution in [2.24, 2.45) is 0 Å². The standard InChI is InChI=1S/C23H20F3N3O4/c1-27-20(30)13-29-22(32)19-9-8-18(33-19)15-5-2-4-14(10-15)12-28-21(31)16-6-3-7-17(11-16)23(24,25)26/h2-11H,12-13H2,1H3,(H,27,30)(H,28,31)(H,29,32). The number of rotatable bonds is 7. The van der Waals surface area contributed by atoms with Crippen molar-refractivity contribution in [2.45, 2.75) is 12.7 Å². The summed E-state index contributed by atoms with van der Waals surface area (Å²) in [6.07, 6.45) is -4.54. The van der Waals surface area contributed by atoms with Gasteiger partial charge in [0.05, 0.1) is 12.1 Å². The predicted octanol–water partition coefficient (Wildman–Crippen LogP) is 3.37. The Kier molecular flexibility index (Phi) is 7.17. The molecule has 7 nitrogen and oxygen atoms in total. The smallest absolute Gasteiger partial charge is 0.416 e. The average molecular weight is 459 g/mol. The highest BCUT2D eigenvalue weighted by Gasteiger charge is 2.30. The van der Waals surface area contributed by atoms with Crippen molar-refractivity contribution >= 4 is 17.7 Å². The van der Waals surface area contributed by atoms with E-state index in [1.807, 2.05) is 0 Å². The van der Waals surface area contributed by atoms with E-state index in [9.17, 15) is 27.6 Å². The number of amides is 3. The Morgan fingerprint density at radius 3 is 2.39 bits per heavy atom. The summed E-state index contributed by atoms with van der Waals surface area (Å²) in [6, 6.07) is 14.2. The average Bonchev–Trinajstić information content (AvgIpc) is 3.31. The van der Waals surface area contributed by atoms with E-state index in [2.05, 4.69) is 16.0 Å². The zero-order chi connectivity index (χ0) is 24.0. The Morgan fingerprint density at radius 1 is 0.909 bits per heavy atom. The van der Waals surface area contributed by atoms with Gasteiger partial charge in [0.2, 0.25) is 5.91 Å². The van der Waals surface area contributed by atoms with Crippen LogP contribution in [0.2, 0.25) is 0 Å². The molecule has 3 rings (SSSR count). The largest absolute Gasteiger partial charge is 0.451 e. The van der Waals surface area contributed by atoms with E-state index < -0.39 is 23.6 Å². The van der Waals surface area contributed by atoms with Crippen molar-refractivity contribution in [3.63, 3.8) is 0 Å². The number of furan rings is 1. The summed E-state index contributed by atoms with van der Waals surface area (Å²) in [6.45, 7) is -0.116. The summed E-state index contributed by atoms with van der Waals surface area (Å²) >= 11 is 0. The molecule has 10 heteroatoms. The van der Waals surface area contributed by atoms with E-state index in [4.69, 9.17) is 4.42 Å². The maximum absolute atomic E-state index is 12.9. The third-order valence-corrected chi connectivity index (χ3v) is 4.63. The molecule has 1 aromatic heterocycles. The van der Waals surface area contributed by atoms with Gasteiger partial charge < -0.3 is 20.4 Å². The number of hydrogen-bond donors (Lipinski definition) is 3. The second-order valence-electron chi connectivity index (χ2n) is 6.98. The maximum Gasteiger partial charge on any atom is 0.416 e. The summed E-state index contributed by atoms with van der Waals surface area (Å²) in [7, 11) is 1.45. The van der Waals surface area contributed by atoms with Gasteiger partial charge in [-0.3, -0.25) is 14.4 Å². The Hall–Kier alpha value is -4.08. The molecule has 0 aliphatic rings. The van der Waals surface area contributed by atoms with Crippen molar-refractivity contribution in [2.75, 3.05) is 13.6 Å². The van der Waals surface area contributed by atoms with Crippen molar-refractivity contribution < 1.29 is 32.0 Å². The van der Waals surface area contributed by atoms with Crippen LogP contribution < -0.4 is 16.0 Å². The quantitative estimate of drug-likeness (QED) is 0.504. The number of alkyl halides is 3. The van der Waals surface area contributed by atoms with Crippen molar-refractivity contribution in [1.29, 1.82) is 0 Å². The first-order valence-electron chi connectivity index (χ1n) is 9.81. The summed E-state index contributed by atoms with van der Waals surface area (Å²) in [5.74, 6) is -1.12. The first kappa shape index (κ1) is 23.6. The van der Waals surface area contributed by atoms with Gasteiger partial charge in [-0.25, -0.2) is 0 Å². The number of carbonyl (C=O) groups excluding carboxylic acids is 3. The van der Waals surface area contributed by atoms with Crippen molar-refractivity contribution in [1.82, 2.24) is 16.0 Å². The van der Waals surface area contributed by atoms with E-state index in [1.54, 1.807) is 30.3 Å². The van der Waals surface area contributed by atoms with Gasteiger partial charge in [0.15, 0.2) is 5.76 Å². The minimum atomic E-state index is -4.54. The molecule has 0 radical (unpaired) electrons. The van der Waals surface area contributed by atoms with Gasteiger partial charge in [-0.15, -0.1) is 0 Å². The molecule has 3 amide bonds. The van der Waals surface area contributed by atoms with Crippen LogP contribution >= 0.6 is 0 Å². The molecule has 0 spiro atoms. The third-order valence-electron chi connectivity index (χ3n) is 4.63. The van der Waals surface area contributed by atoms with Crippen molar-refractivity contribution in [3.8, 4) is 11.3 Å². The van der Waals surface area contributed by atoms with Crippen LogP contribution in [0, 0.1) is 0 Å². The van der Waals surface area contributed by atoms with Crippen LogP contribution in [0.4, 0.5) is 13.2 Å². The first-order chi connectivity index (χ1) is 15.7. The molecule has 172 valence electrons. The van der Waals surface area contributed by atoms with Gasteiger partial charge in [-0.05, 0) is 42.0 Å². The van der Waals surface area contributed by atoms with Crippen LogP contribution in [0.15, 0.2) is 65.1 Å². The normalized spacial score (nSPS) is 11.0. The molecule has 0 atom stereocenters. The molecular weight excluding hydrogens is 439 g/mol. The van der Waals surface area contributed by atoms with Gasteiger partial charge >= 0.3 is 6.18 Å². The van der Waals surface area contributed by atoms with Crippen LogP contribution in [0.5, 0.6) is 0 Å². The summed E-state index contributed by atoms with van der Waals surface area (Å²) in [5.41, 5.74) is 0.311. The van der Waals surface area contributed by atoms with Gasteiger partial charge in [-0.2, -0.15) is 13.2 Å². The van der Waals surface area contributed by atoms with E-state index in [0.717, 1.165) is 12.1 Å². The maximum atomic E-state index is 12.9. The summed E-state index contributed by atoms with van der Waals surface area (Å²) in [4.78, 5) is 35.6. The minimum absolute atomic E-state index is 0.0251. The van der Waals surface area contributed by atoms with Gasteiger partial charge in [0.25, 0.3) is 11.8 Å². The van der Waals surface area contributed by atoms with Gasteiger partial charge in [0, 0.05) is 24.7 Å². The van der Waals surface area contributed by atoms with Crippen LogP contribution in [-0.2, 0) is 17.5 Å². The molecule has 1 heterocycles. The number of halogens is 3. The minimum Gasteiger partial charge on any atom is -0.451 e. The zero-order valence-electron chi connectivity index (χ0n) is 17.5. The molecule has 0 saturated heterocycles. The second-order valence-corrected chi connectivity index (χ2v) is 6.98. The molecule has 3 aromatic rings. The fourth-order valence-electron chi connectivity index (χ4n) is 2.91. The highest BCUT2D eigenvalue weighted by Crippen LogP contribution is 2.29. The van der Waals surface area contributed by atoms with Crippen LogP contribution in [0.3, 0.4) is 0 Å². The molecule has 2 aromatic carbocycles. The first-order valence-corrected chi connectivity index (χ1v) is 9.81. The lowest BCUT2D eigenvalue weighted by Crippen LogP contribution is -2.34. The number of hydrogen-bond acceptors (Lipinski definition) is 4. The topological polar surface area (TPSA) is 100 Å². The van der Waals surface area contributed by atoms with Crippen LogP contribution in [0.25, 0.3) is 11.3 Å². The number of carbonyl (C=O) groups is 3. The molecule has 33 heavy (non-hydrogen) atoms. The lowest BCUT2D eigenvalue weighted by molar-refractivity contribution is -0.137. The molecule has 3 N–H and O–H groups in total. The highest BCUT2D eigenvalue weighted by molar-refractivity contribution is 5.95. The van der Waals surface area contributed by atoms with E-state index >= 15 is 0 Å². The summed E-state index contributed by atoms with van der Waals surface area (Å²) < 4.78 is 44.1. The number of nitrogens with one attached hydrogen (secondary N) is 3. The molecule has 0 aliphatic heterocycles. The monoisotopic (exact) mass is 459 g/mol. The van der Waals surface area contributed by atoms with Crippen molar-refractivity contribution in [3.05, 3.63) is 83.1 Å². The van der Waals surface area contributed by atoms with Gasteiger partial charge in [0.1, 0.15) is 5.76 Å². The molecule has 0 bridgehead atoms. The molecule has 0 unspecified atom stereocenters. The Morgan fingerprint density at radius 2 is 1.67 bits per heavy atom. The number of benzene rings is 2. The molecule has 0 aliphatic carbocycles. The zero-order valence-corrected chi connectivity index (χ0v) is 17.5.